The van der Waals surface area contributed by atoms with Gasteiger partial charge in [-0.05, 0) is 24.3 Å². The summed E-state index contributed by atoms with van der Waals surface area (Å²) >= 11 is 0. The van der Waals surface area contributed by atoms with E-state index in [1.807, 2.05) is 0 Å². The number of rotatable bonds is 5. The van der Waals surface area contributed by atoms with E-state index in [4.69, 9.17) is 9.47 Å². The maximum Gasteiger partial charge on any atom is 0.324 e. The number of nitrogens with zero attached hydrogens (tertiary/aromatic N) is 3. The van der Waals surface area contributed by atoms with Crippen molar-refractivity contribution in [1.29, 1.82) is 0 Å². The summed E-state index contributed by atoms with van der Waals surface area (Å²) in [5, 5.41) is 6.78. The first-order chi connectivity index (χ1) is 12.5. The lowest BCUT2D eigenvalue weighted by Gasteiger charge is -2.13. The SMILES string of the molecule is COc1ccc(-c2ccc(=O)n(CC(=O)N3CCNC3=O)n2)cc1OC. The lowest BCUT2D eigenvalue weighted by Crippen LogP contribution is -2.39. The zero-order chi connectivity index (χ0) is 18.7. The number of carbonyl (C=O) groups excluding carboxylic acids is 2. The van der Waals surface area contributed by atoms with Crippen LogP contribution in [0.5, 0.6) is 11.5 Å². The fourth-order valence-corrected chi connectivity index (χ4v) is 2.63. The maximum atomic E-state index is 12.2. The van der Waals surface area contributed by atoms with Crippen molar-refractivity contribution in [2.24, 2.45) is 0 Å². The molecule has 0 saturated carbocycles. The van der Waals surface area contributed by atoms with E-state index in [0.717, 1.165) is 9.58 Å². The third-order valence-electron chi connectivity index (χ3n) is 3.99. The van der Waals surface area contributed by atoms with Crippen molar-refractivity contribution in [3.8, 4) is 22.8 Å². The van der Waals surface area contributed by atoms with E-state index < -0.39 is 17.5 Å². The van der Waals surface area contributed by atoms with Crippen LogP contribution < -0.4 is 20.3 Å². The second-order valence-corrected chi connectivity index (χ2v) is 5.56. The smallest absolute Gasteiger partial charge is 0.324 e. The van der Waals surface area contributed by atoms with Gasteiger partial charge < -0.3 is 14.8 Å². The number of nitrogens with one attached hydrogen (secondary N) is 1. The van der Waals surface area contributed by atoms with Gasteiger partial charge in [0.1, 0.15) is 6.54 Å². The summed E-state index contributed by atoms with van der Waals surface area (Å²) in [7, 11) is 3.06. The highest BCUT2D eigenvalue weighted by molar-refractivity contribution is 5.95. The van der Waals surface area contributed by atoms with Crippen LogP contribution in [-0.4, -0.2) is 53.9 Å². The summed E-state index contributed by atoms with van der Waals surface area (Å²) in [4.78, 5) is 36.9. The Kier molecular flexibility index (Phi) is 4.87. The normalized spacial score (nSPS) is 13.5. The van der Waals surface area contributed by atoms with E-state index in [9.17, 15) is 14.4 Å². The van der Waals surface area contributed by atoms with Gasteiger partial charge in [0, 0.05) is 24.7 Å². The van der Waals surface area contributed by atoms with Crippen molar-refractivity contribution in [3.05, 3.63) is 40.7 Å². The fraction of sp³-hybridized carbons (Fsp3) is 0.294. The van der Waals surface area contributed by atoms with Gasteiger partial charge in [0.2, 0.25) is 0 Å². The minimum Gasteiger partial charge on any atom is -0.493 e. The predicted molar refractivity (Wildman–Crippen MR) is 92.1 cm³/mol. The largest absolute Gasteiger partial charge is 0.493 e. The zero-order valence-electron chi connectivity index (χ0n) is 14.4. The molecule has 0 bridgehead atoms. The molecule has 0 atom stereocenters. The Morgan fingerprint density at radius 2 is 1.92 bits per heavy atom. The first-order valence-corrected chi connectivity index (χ1v) is 7.92. The number of amides is 3. The van der Waals surface area contributed by atoms with Gasteiger partial charge in [-0.1, -0.05) is 0 Å². The molecule has 2 heterocycles. The molecule has 1 aromatic carbocycles. The number of hydrogen-bond donors (Lipinski definition) is 1. The second kappa shape index (κ2) is 7.26. The van der Waals surface area contributed by atoms with Crippen molar-refractivity contribution >= 4 is 11.9 Å². The quantitative estimate of drug-likeness (QED) is 0.834. The average Bonchev–Trinajstić information content (AvgIpc) is 3.09. The van der Waals surface area contributed by atoms with Crippen LogP contribution in [-0.2, 0) is 11.3 Å². The molecule has 1 N–H and O–H groups in total. The molecule has 26 heavy (non-hydrogen) atoms. The summed E-state index contributed by atoms with van der Waals surface area (Å²) in [5.74, 6) is 0.605. The van der Waals surface area contributed by atoms with E-state index in [2.05, 4.69) is 10.4 Å². The molecule has 0 aliphatic carbocycles. The Labute approximate surface area is 149 Å². The van der Waals surface area contributed by atoms with Gasteiger partial charge in [-0.25, -0.2) is 9.48 Å². The van der Waals surface area contributed by atoms with Crippen LogP contribution >= 0.6 is 0 Å². The number of urea groups is 1. The van der Waals surface area contributed by atoms with Crippen molar-refractivity contribution in [2.75, 3.05) is 27.3 Å². The van der Waals surface area contributed by atoms with Crippen LogP contribution in [0.1, 0.15) is 0 Å². The highest BCUT2D eigenvalue weighted by atomic mass is 16.5. The molecule has 136 valence electrons. The second-order valence-electron chi connectivity index (χ2n) is 5.56. The van der Waals surface area contributed by atoms with Crippen LogP contribution in [0.3, 0.4) is 0 Å². The molecular formula is C17H18N4O5. The van der Waals surface area contributed by atoms with Gasteiger partial charge in [0.25, 0.3) is 11.5 Å². The zero-order valence-corrected chi connectivity index (χ0v) is 14.4. The lowest BCUT2D eigenvalue weighted by atomic mass is 10.1. The first kappa shape index (κ1) is 17.5. The van der Waals surface area contributed by atoms with Crippen LogP contribution in [0, 0.1) is 0 Å². The molecule has 9 nitrogen and oxygen atoms in total. The Hall–Kier alpha value is -3.36. The summed E-state index contributed by atoms with van der Waals surface area (Å²) in [6.45, 7) is 0.369. The Morgan fingerprint density at radius 3 is 2.58 bits per heavy atom. The minimum absolute atomic E-state index is 0.280. The number of methoxy groups -OCH3 is 2. The van der Waals surface area contributed by atoms with Gasteiger partial charge in [-0.3, -0.25) is 14.5 Å². The molecule has 0 spiro atoms. The van der Waals surface area contributed by atoms with Crippen molar-refractivity contribution in [1.82, 2.24) is 20.0 Å². The monoisotopic (exact) mass is 358 g/mol. The predicted octanol–water partition coefficient (Wildman–Crippen LogP) is 0.479. The molecule has 1 fully saturated rings. The summed E-state index contributed by atoms with van der Waals surface area (Å²) in [6, 6.07) is 7.66. The minimum atomic E-state index is -0.487. The van der Waals surface area contributed by atoms with E-state index >= 15 is 0 Å². The molecule has 9 heteroatoms. The highest BCUT2D eigenvalue weighted by Gasteiger charge is 2.26. The van der Waals surface area contributed by atoms with Gasteiger partial charge in [0.15, 0.2) is 11.5 Å². The van der Waals surface area contributed by atoms with Crippen molar-refractivity contribution < 1.29 is 19.1 Å². The number of aromatic nitrogens is 2. The molecule has 1 aliphatic rings. The molecule has 3 amide bonds. The molecule has 1 saturated heterocycles. The number of benzene rings is 1. The summed E-state index contributed by atoms with van der Waals surface area (Å²) in [5.41, 5.74) is 0.758. The highest BCUT2D eigenvalue weighted by Crippen LogP contribution is 2.31. The molecule has 1 aromatic heterocycles. The third kappa shape index (κ3) is 3.37. The Morgan fingerprint density at radius 1 is 1.15 bits per heavy atom. The van der Waals surface area contributed by atoms with E-state index in [1.54, 1.807) is 24.3 Å². The van der Waals surface area contributed by atoms with Crippen LogP contribution in [0.25, 0.3) is 11.3 Å². The Balaban J connectivity index is 1.89. The molecule has 0 radical (unpaired) electrons. The van der Waals surface area contributed by atoms with Gasteiger partial charge in [-0.2, -0.15) is 5.10 Å². The standard InChI is InChI=1S/C17H18N4O5/c1-25-13-5-3-11(9-14(13)26-2)12-4-6-15(22)21(19-12)10-16(23)20-8-7-18-17(20)24/h3-6,9H,7-8,10H2,1-2H3,(H,18,24). The molecule has 0 unspecified atom stereocenters. The third-order valence-corrected chi connectivity index (χ3v) is 3.99. The van der Waals surface area contributed by atoms with E-state index in [0.29, 0.717) is 29.3 Å². The summed E-state index contributed by atoms with van der Waals surface area (Å²) < 4.78 is 11.5. The molecular weight excluding hydrogens is 340 g/mol. The van der Waals surface area contributed by atoms with Gasteiger partial charge in [0.05, 0.1) is 19.9 Å². The topological polar surface area (TPSA) is 103 Å². The number of carbonyl (C=O) groups is 2. The fourth-order valence-electron chi connectivity index (χ4n) is 2.63. The number of hydrogen-bond acceptors (Lipinski definition) is 6. The van der Waals surface area contributed by atoms with Crippen molar-refractivity contribution in [3.63, 3.8) is 0 Å². The van der Waals surface area contributed by atoms with E-state index in [1.165, 1.54) is 20.3 Å². The molecule has 2 aromatic rings. The van der Waals surface area contributed by atoms with Gasteiger partial charge in [-0.15, -0.1) is 0 Å². The Bertz CT molecular complexity index is 908. The van der Waals surface area contributed by atoms with Crippen LogP contribution in [0.4, 0.5) is 4.79 Å². The van der Waals surface area contributed by atoms with Crippen LogP contribution in [0.15, 0.2) is 35.1 Å². The van der Waals surface area contributed by atoms with E-state index in [-0.39, 0.29) is 13.1 Å². The van der Waals surface area contributed by atoms with Gasteiger partial charge >= 0.3 is 6.03 Å². The summed E-state index contributed by atoms with van der Waals surface area (Å²) in [6.07, 6.45) is 0. The molecule has 1 aliphatic heterocycles. The molecule has 3 rings (SSSR count). The van der Waals surface area contributed by atoms with Crippen LogP contribution in [0.2, 0.25) is 0 Å². The maximum absolute atomic E-state index is 12.2. The average molecular weight is 358 g/mol. The number of ether oxygens (including phenoxy) is 2. The first-order valence-electron chi connectivity index (χ1n) is 7.92. The van der Waals surface area contributed by atoms with Crippen molar-refractivity contribution in [2.45, 2.75) is 6.54 Å². The number of imide groups is 1. The lowest BCUT2D eigenvalue weighted by molar-refractivity contribution is -0.128.